The number of hydrogen-bond acceptors (Lipinski definition) is 3. The van der Waals surface area contributed by atoms with E-state index in [9.17, 15) is 15.1 Å². The van der Waals surface area contributed by atoms with E-state index in [0.29, 0.717) is 33.1 Å². The Morgan fingerprint density at radius 3 is 1.75 bits per heavy atom. The van der Waals surface area contributed by atoms with E-state index in [1.165, 1.54) is 0 Å². The molecular formula is C58H36N2O. The molecule has 0 bridgehead atoms. The highest BCUT2D eigenvalue weighted by Crippen LogP contribution is 2.51. The molecule has 0 N–H and O–H groups in total. The number of rotatable bonds is 6. The fourth-order valence-corrected chi connectivity index (χ4v) is 7.82. The molecule has 9 aromatic carbocycles. The zero-order valence-corrected chi connectivity index (χ0v) is 31.3. The molecule has 3 heteroatoms. The van der Waals surface area contributed by atoms with Gasteiger partial charge in [-0.05, 0) is 72.7 Å². The lowest BCUT2D eigenvalue weighted by Crippen LogP contribution is -1.91. The van der Waals surface area contributed by atoms with Crippen LogP contribution in [0.3, 0.4) is 0 Å². The van der Waals surface area contributed by atoms with E-state index in [1.807, 2.05) is 36.4 Å². The van der Waals surface area contributed by atoms with Crippen molar-refractivity contribution >= 4 is 54.1 Å². The standard InChI is InChI=1S/C58H36N2O/c1-3-14-38(15-4-1)54-53(57(42-16-5-2-6-17-42)61-58(54)51-36-43-18-7-8-20-44(43)46-21-10-12-24-49(46)51)39-27-25-37(26-28-39)45-32-33-50(48-23-11-9-22-47(45)48)52-34-31-41-30-29-40-19-13-35-59-55(40)56(41)60-52/h1-36H/i1D,2D,3D,4D,5D,6D,7D,8D,10D,12D,14D,15D,16D,17D,18D,20D,21D,24D,25D,26D,27D,28D,36D. The minimum absolute atomic E-state index is 0.190. The summed E-state index contributed by atoms with van der Waals surface area (Å²) in [7, 11) is 0. The lowest BCUT2D eigenvalue weighted by atomic mass is 9.88. The monoisotopic (exact) mass is 799 g/mol. The zero-order valence-electron chi connectivity index (χ0n) is 54.3. The van der Waals surface area contributed by atoms with E-state index < -0.39 is 205 Å². The van der Waals surface area contributed by atoms with Gasteiger partial charge in [0.05, 0.1) is 48.3 Å². The van der Waals surface area contributed by atoms with Crippen molar-refractivity contribution in [3.05, 3.63) is 218 Å². The maximum atomic E-state index is 10.00. The lowest BCUT2D eigenvalue weighted by Gasteiger charge is -2.14. The Balaban J connectivity index is 1.26. The first kappa shape index (κ1) is 18.8. The highest BCUT2D eigenvalue weighted by atomic mass is 16.3. The average molecular weight is 800 g/mol. The Bertz CT molecular complexity index is 4930. The minimum atomic E-state index is -1.03. The van der Waals surface area contributed by atoms with Gasteiger partial charge in [-0.3, -0.25) is 4.98 Å². The van der Waals surface area contributed by atoms with E-state index in [0.717, 1.165) is 10.8 Å². The van der Waals surface area contributed by atoms with Crippen LogP contribution in [0.1, 0.15) is 31.5 Å². The van der Waals surface area contributed by atoms with Gasteiger partial charge in [-0.25, -0.2) is 4.98 Å². The zero-order chi connectivity index (χ0) is 60.3. The summed E-state index contributed by atoms with van der Waals surface area (Å²) in [6.45, 7) is 0. The van der Waals surface area contributed by atoms with E-state index in [1.54, 1.807) is 42.6 Å². The van der Waals surface area contributed by atoms with Gasteiger partial charge in [0, 0.05) is 44.8 Å². The summed E-state index contributed by atoms with van der Waals surface area (Å²) in [5.41, 5.74) is -2.50. The third-order valence-electron chi connectivity index (χ3n) is 10.5. The summed E-state index contributed by atoms with van der Waals surface area (Å²) in [5.74, 6) is -1.84. The van der Waals surface area contributed by atoms with Crippen molar-refractivity contribution in [2.75, 3.05) is 0 Å². The van der Waals surface area contributed by atoms with Crippen LogP contribution in [0.2, 0.25) is 0 Å². The van der Waals surface area contributed by atoms with Gasteiger partial charge in [-0.1, -0.05) is 194 Å². The quantitative estimate of drug-likeness (QED) is 0.157. The summed E-state index contributed by atoms with van der Waals surface area (Å²) >= 11 is 0. The van der Waals surface area contributed by atoms with Crippen LogP contribution in [-0.2, 0) is 0 Å². The van der Waals surface area contributed by atoms with E-state index >= 15 is 0 Å². The summed E-state index contributed by atoms with van der Waals surface area (Å²) in [6.07, 6.45) is 1.67. The van der Waals surface area contributed by atoms with Gasteiger partial charge in [0.25, 0.3) is 0 Å². The highest BCUT2D eigenvalue weighted by Gasteiger charge is 2.27. The van der Waals surface area contributed by atoms with Crippen molar-refractivity contribution in [2.24, 2.45) is 0 Å². The number of aromatic nitrogens is 2. The second-order valence-electron chi connectivity index (χ2n) is 13.9. The van der Waals surface area contributed by atoms with Crippen molar-refractivity contribution in [1.82, 2.24) is 9.97 Å². The van der Waals surface area contributed by atoms with Crippen LogP contribution in [0.15, 0.2) is 222 Å². The maximum absolute atomic E-state index is 10.00. The number of furan rings is 1. The van der Waals surface area contributed by atoms with Crippen molar-refractivity contribution in [1.29, 1.82) is 0 Å². The van der Waals surface area contributed by atoms with Crippen LogP contribution >= 0.6 is 0 Å². The van der Waals surface area contributed by atoms with Gasteiger partial charge in [-0.15, -0.1) is 0 Å². The molecule has 0 aliphatic rings. The van der Waals surface area contributed by atoms with E-state index in [4.69, 9.17) is 25.9 Å². The Hall–Kier alpha value is -8.14. The van der Waals surface area contributed by atoms with Crippen LogP contribution in [0, 0.1) is 0 Å². The predicted molar refractivity (Wildman–Crippen MR) is 254 cm³/mol. The second-order valence-corrected chi connectivity index (χ2v) is 13.9. The molecular weight excluding hydrogens is 741 g/mol. The Morgan fingerprint density at radius 1 is 0.377 bits per heavy atom. The smallest absolute Gasteiger partial charge is 0.143 e. The normalized spacial score (nSPS) is 16.9. The molecule has 0 saturated heterocycles. The third-order valence-corrected chi connectivity index (χ3v) is 10.5. The molecule has 0 aliphatic heterocycles. The molecule has 12 aromatic rings. The molecule has 0 spiro atoms. The van der Waals surface area contributed by atoms with Crippen molar-refractivity contribution in [3.8, 4) is 67.3 Å². The molecule has 0 saturated carbocycles. The minimum Gasteiger partial charge on any atom is -0.455 e. The number of benzene rings is 9. The number of nitrogens with zero attached hydrogens (tertiary/aromatic N) is 2. The molecule has 0 fully saturated rings. The molecule has 0 aliphatic carbocycles. The molecule has 0 unspecified atom stereocenters. The molecule has 3 aromatic heterocycles. The molecule has 0 radical (unpaired) electrons. The number of hydrogen-bond donors (Lipinski definition) is 0. The first-order valence-corrected chi connectivity index (χ1v) is 18.9. The third kappa shape index (κ3) is 5.82. The van der Waals surface area contributed by atoms with Gasteiger partial charge >= 0.3 is 0 Å². The fourth-order valence-electron chi connectivity index (χ4n) is 7.82. The largest absolute Gasteiger partial charge is 0.455 e. The first-order valence-electron chi connectivity index (χ1n) is 30.4. The van der Waals surface area contributed by atoms with Crippen molar-refractivity contribution in [2.45, 2.75) is 0 Å². The molecule has 3 nitrogen and oxygen atoms in total. The topological polar surface area (TPSA) is 38.9 Å². The fraction of sp³-hybridized carbons (Fsp3) is 0. The van der Waals surface area contributed by atoms with Crippen LogP contribution < -0.4 is 0 Å². The lowest BCUT2D eigenvalue weighted by molar-refractivity contribution is 0.599. The molecule has 61 heavy (non-hydrogen) atoms. The SMILES string of the molecule is [2H]c1c([2H])c([2H])c(-c2oc(-c3c([2H])c4c([2H])c([2H])c([2H])c([2H])c4c4c([2H])c([2H])c([2H])c([2H])c34)c(-c3c([2H])c([2H])c([2H])c([2H])c3[2H])c2-c2c([2H])c([2H])c(-c3ccc(-c4ccc5ccc6cccnc6c5n4)c4ccccc34)c([2H])c2[2H])c([2H])c1[2H]. The van der Waals surface area contributed by atoms with Crippen LogP contribution in [0.4, 0.5) is 0 Å². The first-order chi connectivity index (χ1) is 39.8. The maximum Gasteiger partial charge on any atom is 0.143 e. The van der Waals surface area contributed by atoms with Gasteiger partial charge in [0.1, 0.15) is 11.5 Å². The van der Waals surface area contributed by atoms with E-state index in [-0.39, 0.29) is 11.1 Å². The van der Waals surface area contributed by atoms with Crippen LogP contribution in [0.5, 0.6) is 0 Å². The average Bonchev–Trinajstić information content (AvgIpc) is 1.30. The summed E-state index contributed by atoms with van der Waals surface area (Å²) in [5, 5.41) is 0.242. The summed E-state index contributed by atoms with van der Waals surface area (Å²) in [4.78, 5) is 9.63. The Labute approximate surface area is 385 Å². The number of fused-ring (bicyclic) bond motifs is 7. The number of pyridine rings is 2. The Morgan fingerprint density at radius 2 is 0.967 bits per heavy atom. The summed E-state index contributed by atoms with van der Waals surface area (Å²) in [6, 6.07) is 0.512. The van der Waals surface area contributed by atoms with Gasteiger partial charge in [0.2, 0.25) is 0 Å². The van der Waals surface area contributed by atoms with Gasteiger partial charge in [-0.2, -0.15) is 0 Å². The second kappa shape index (κ2) is 14.3. The molecule has 284 valence electrons. The van der Waals surface area contributed by atoms with Crippen LogP contribution in [0.25, 0.3) is 121 Å². The van der Waals surface area contributed by atoms with E-state index in [2.05, 4.69) is 4.98 Å². The van der Waals surface area contributed by atoms with Crippen LogP contribution in [-0.4, -0.2) is 9.97 Å². The molecule has 0 amide bonds. The summed E-state index contributed by atoms with van der Waals surface area (Å²) < 4.78 is 218. The van der Waals surface area contributed by atoms with Crippen molar-refractivity contribution in [3.63, 3.8) is 0 Å². The Kier molecular flexibility index (Phi) is 4.42. The molecule has 12 rings (SSSR count). The predicted octanol–water partition coefficient (Wildman–Crippen LogP) is 15.8. The van der Waals surface area contributed by atoms with Gasteiger partial charge in [0.15, 0.2) is 0 Å². The van der Waals surface area contributed by atoms with Gasteiger partial charge < -0.3 is 4.42 Å². The van der Waals surface area contributed by atoms with Crippen molar-refractivity contribution < 1.29 is 35.9 Å². The molecule has 3 heterocycles. The molecule has 0 atom stereocenters. The highest BCUT2D eigenvalue weighted by molar-refractivity contribution is 6.16.